The summed E-state index contributed by atoms with van der Waals surface area (Å²) in [5, 5.41) is 11.0. The van der Waals surface area contributed by atoms with E-state index in [9.17, 15) is 4.79 Å². The van der Waals surface area contributed by atoms with Gasteiger partial charge in [0.1, 0.15) is 0 Å². The number of hydrogen-bond acceptors (Lipinski definition) is 3. The third kappa shape index (κ3) is 6.44. The van der Waals surface area contributed by atoms with Gasteiger partial charge in [0.15, 0.2) is 0 Å². The Labute approximate surface area is 85.5 Å². The standard InChI is InChI=1S/C10H19N3O/c1-2-3-4-5-8-13-10(14)9(12)6-7-11/h9H,2-6,8,12H2,1H3,(H,13,14). The summed E-state index contributed by atoms with van der Waals surface area (Å²) >= 11 is 0. The van der Waals surface area contributed by atoms with Crippen LogP contribution < -0.4 is 11.1 Å². The number of carbonyl (C=O) groups excluding carboxylic acids is 1. The lowest BCUT2D eigenvalue weighted by Crippen LogP contribution is -2.40. The van der Waals surface area contributed by atoms with Crippen LogP contribution in [0.4, 0.5) is 0 Å². The van der Waals surface area contributed by atoms with E-state index in [1.165, 1.54) is 12.8 Å². The van der Waals surface area contributed by atoms with Crippen molar-refractivity contribution in [3.63, 3.8) is 0 Å². The summed E-state index contributed by atoms with van der Waals surface area (Å²) in [7, 11) is 0. The number of nitrogens with one attached hydrogen (secondary N) is 1. The van der Waals surface area contributed by atoms with Crippen molar-refractivity contribution in [1.82, 2.24) is 5.32 Å². The molecule has 0 spiro atoms. The van der Waals surface area contributed by atoms with Crippen molar-refractivity contribution in [3.05, 3.63) is 0 Å². The zero-order valence-corrected chi connectivity index (χ0v) is 8.75. The molecule has 4 nitrogen and oxygen atoms in total. The van der Waals surface area contributed by atoms with Crippen LogP contribution in [0.15, 0.2) is 0 Å². The molecule has 80 valence electrons. The maximum absolute atomic E-state index is 11.2. The minimum Gasteiger partial charge on any atom is -0.355 e. The molecule has 0 aliphatic rings. The average Bonchev–Trinajstić information content (AvgIpc) is 2.17. The maximum Gasteiger partial charge on any atom is 0.237 e. The number of carbonyl (C=O) groups is 1. The van der Waals surface area contributed by atoms with Gasteiger partial charge in [0.05, 0.1) is 18.5 Å². The Bertz CT molecular complexity index is 198. The molecule has 0 bridgehead atoms. The van der Waals surface area contributed by atoms with Crippen molar-refractivity contribution in [1.29, 1.82) is 5.26 Å². The van der Waals surface area contributed by atoms with Crippen LogP contribution >= 0.6 is 0 Å². The summed E-state index contributed by atoms with van der Waals surface area (Å²) < 4.78 is 0. The lowest BCUT2D eigenvalue weighted by Gasteiger charge is -2.08. The Balaban J connectivity index is 3.40. The summed E-state index contributed by atoms with van der Waals surface area (Å²) in [6.07, 6.45) is 4.58. The molecule has 0 aliphatic heterocycles. The number of unbranched alkanes of at least 4 members (excludes halogenated alkanes) is 3. The van der Waals surface area contributed by atoms with Crippen molar-refractivity contribution >= 4 is 5.91 Å². The second-order valence-electron chi connectivity index (χ2n) is 3.32. The molecular weight excluding hydrogens is 178 g/mol. The molecule has 0 aromatic rings. The highest BCUT2D eigenvalue weighted by atomic mass is 16.2. The predicted molar refractivity (Wildman–Crippen MR) is 55.4 cm³/mol. The van der Waals surface area contributed by atoms with Gasteiger partial charge in [0, 0.05) is 6.54 Å². The first-order chi connectivity index (χ1) is 6.72. The third-order valence-electron chi connectivity index (χ3n) is 1.98. The zero-order chi connectivity index (χ0) is 10.8. The Morgan fingerprint density at radius 3 is 2.79 bits per heavy atom. The number of rotatable bonds is 7. The molecule has 0 radical (unpaired) electrons. The Morgan fingerprint density at radius 2 is 2.21 bits per heavy atom. The molecule has 0 aromatic heterocycles. The highest BCUT2D eigenvalue weighted by Gasteiger charge is 2.11. The molecule has 1 amide bonds. The highest BCUT2D eigenvalue weighted by Crippen LogP contribution is 1.97. The zero-order valence-electron chi connectivity index (χ0n) is 8.75. The molecular formula is C10H19N3O. The van der Waals surface area contributed by atoms with Gasteiger partial charge in [-0.05, 0) is 6.42 Å². The molecule has 0 rings (SSSR count). The van der Waals surface area contributed by atoms with Gasteiger partial charge in [-0.1, -0.05) is 26.2 Å². The van der Waals surface area contributed by atoms with Gasteiger partial charge >= 0.3 is 0 Å². The number of nitriles is 1. The van der Waals surface area contributed by atoms with E-state index in [4.69, 9.17) is 11.0 Å². The van der Waals surface area contributed by atoms with Gasteiger partial charge in [0.2, 0.25) is 5.91 Å². The molecule has 14 heavy (non-hydrogen) atoms. The van der Waals surface area contributed by atoms with Crippen molar-refractivity contribution in [2.24, 2.45) is 5.73 Å². The van der Waals surface area contributed by atoms with E-state index in [2.05, 4.69) is 12.2 Å². The van der Waals surface area contributed by atoms with Crippen molar-refractivity contribution < 1.29 is 4.79 Å². The molecule has 0 heterocycles. The molecule has 1 atom stereocenters. The average molecular weight is 197 g/mol. The normalized spacial score (nSPS) is 11.8. The topological polar surface area (TPSA) is 78.9 Å². The summed E-state index contributed by atoms with van der Waals surface area (Å²) in [5.41, 5.74) is 5.43. The van der Waals surface area contributed by atoms with E-state index in [0.717, 1.165) is 12.8 Å². The van der Waals surface area contributed by atoms with Crippen molar-refractivity contribution in [2.75, 3.05) is 6.54 Å². The Morgan fingerprint density at radius 1 is 1.50 bits per heavy atom. The molecule has 0 fully saturated rings. The number of nitrogens with zero attached hydrogens (tertiary/aromatic N) is 1. The van der Waals surface area contributed by atoms with Crippen LogP contribution in [0.3, 0.4) is 0 Å². The number of nitrogens with two attached hydrogens (primary N) is 1. The smallest absolute Gasteiger partial charge is 0.237 e. The fraction of sp³-hybridized carbons (Fsp3) is 0.800. The molecule has 0 saturated carbocycles. The first-order valence-electron chi connectivity index (χ1n) is 5.12. The van der Waals surface area contributed by atoms with Crippen LogP contribution in [0, 0.1) is 11.3 Å². The highest BCUT2D eigenvalue weighted by molar-refractivity contribution is 5.81. The molecule has 0 aromatic carbocycles. The molecule has 1 unspecified atom stereocenters. The minimum atomic E-state index is -0.675. The molecule has 3 N–H and O–H groups in total. The van der Waals surface area contributed by atoms with E-state index < -0.39 is 6.04 Å². The monoisotopic (exact) mass is 197 g/mol. The fourth-order valence-electron chi connectivity index (χ4n) is 1.09. The van der Waals surface area contributed by atoms with Gasteiger partial charge < -0.3 is 11.1 Å². The summed E-state index contributed by atoms with van der Waals surface area (Å²) in [6, 6.07) is 1.20. The predicted octanol–water partition coefficient (Wildman–Crippen LogP) is 0.924. The first kappa shape index (κ1) is 12.9. The van der Waals surface area contributed by atoms with Crippen LogP contribution in [-0.2, 0) is 4.79 Å². The fourth-order valence-corrected chi connectivity index (χ4v) is 1.09. The molecule has 0 saturated heterocycles. The van der Waals surface area contributed by atoms with E-state index in [0.29, 0.717) is 6.54 Å². The second-order valence-corrected chi connectivity index (χ2v) is 3.32. The second kappa shape index (κ2) is 8.52. The van der Waals surface area contributed by atoms with E-state index in [-0.39, 0.29) is 12.3 Å². The van der Waals surface area contributed by atoms with E-state index in [1.807, 2.05) is 6.07 Å². The Hall–Kier alpha value is -1.08. The maximum atomic E-state index is 11.2. The van der Waals surface area contributed by atoms with Crippen LogP contribution in [0.1, 0.15) is 39.0 Å². The van der Waals surface area contributed by atoms with Crippen LogP contribution in [0.2, 0.25) is 0 Å². The summed E-state index contributed by atoms with van der Waals surface area (Å²) in [5.74, 6) is -0.219. The van der Waals surface area contributed by atoms with E-state index >= 15 is 0 Å². The first-order valence-corrected chi connectivity index (χ1v) is 5.12. The molecule has 4 heteroatoms. The lowest BCUT2D eigenvalue weighted by atomic mass is 10.2. The van der Waals surface area contributed by atoms with Crippen LogP contribution in [0.5, 0.6) is 0 Å². The van der Waals surface area contributed by atoms with Gasteiger partial charge in [-0.2, -0.15) is 5.26 Å². The van der Waals surface area contributed by atoms with Crippen LogP contribution in [0.25, 0.3) is 0 Å². The largest absolute Gasteiger partial charge is 0.355 e. The van der Waals surface area contributed by atoms with Gasteiger partial charge in [0.25, 0.3) is 0 Å². The number of amides is 1. The van der Waals surface area contributed by atoms with Gasteiger partial charge in [-0.25, -0.2) is 0 Å². The van der Waals surface area contributed by atoms with E-state index in [1.54, 1.807) is 0 Å². The quantitative estimate of drug-likeness (QED) is 0.596. The number of hydrogen-bond donors (Lipinski definition) is 2. The van der Waals surface area contributed by atoms with Gasteiger partial charge in [-0.15, -0.1) is 0 Å². The lowest BCUT2D eigenvalue weighted by molar-refractivity contribution is -0.122. The third-order valence-corrected chi connectivity index (χ3v) is 1.98. The van der Waals surface area contributed by atoms with Gasteiger partial charge in [-0.3, -0.25) is 4.79 Å². The summed E-state index contributed by atoms with van der Waals surface area (Å²) in [4.78, 5) is 11.2. The van der Waals surface area contributed by atoms with Crippen molar-refractivity contribution in [2.45, 2.75) is 45.1 Å². The molecule has 0 aliphatic carbocycles. The minimum absolute atomic E-state index is 0.0841. The Kier molecular flexibility index (Phi) is 7.86. The van der Waals surface area contributed by atoms with Crippen molar-refractivity contribution in [3.8, 4) is 6.07 Å². The summed E-state index contributed by atoms with van der Waals surface area (Å²) in [6.45, 7) is 2.80. The SMILES string of the molecule is CCCCCCNC(=O)C(N)CC#N. The van der Waals surface area contributed by atoms with Crippen LogP contribution in [-0.4, -0.2) is 18.5 Å².